The molecule has 0 bridgehead atoms. The van der Waals surface area contributed by atoms with Crippen molar-refractivity contribution >= 4 is 67.5 Å². The van der Waals surface area contributed by atoms with Crippen molar-refractivity contribution in [3.8, 4) is 0 Å². The average molecular weight is 774 g/mol. The predicted molar refractivity (Wildman–Crippen MR) is 180 cm³/mol. The van der Waals surface area contributed by atoms with Crippen molar-refractivity contribution in [2.24, 2.45) is 28.2 Å². The van der Waals surface area contributed by atoms with Gasteiger partial charge in [-0.25, -0.2) is 0 Å². The number of nitrogens with one attached hydrogen (secondary N) is 3. The van der Waals surface area contributed by atoms with Gasteiger partial charge in [-0.3, -0.25) is 9.59 Å². The van der Waals surface area contributed by atoms with E-state index in [1.165, 1.54) is 18.7 Å². The number of hydrogen-bond donors (Lipinski definition) is 6. The summed E-state index contributed by atoms with van der Waals surface area (Å²) in [5.41, 5.74) is 25.7. The van der Waals surface area contributed by atoms with E-state index in [4.69, 9.17) is 25.8 Å². The zero-order chi connectivity index (χ0) is 34.4. The van der Waals surface area contributed by atoms with E-state index in [1.54, 1.807) is 12.1 Å². The van der Waals surface area contributed by atoms with E-state index in [9.17, 15) is 28.8 Å². The van der Waals surface area contributed by atoms with Crippen molar-refractivity contribution in [1.29, 1.82) is 0 Å². The minimum absolute atomic E-state index is 0.00319. The Morgan fingerprint density at radius 3 is 2.24 bits per heavy atom. The summed E-state index contributed by atoms with van der Waals surface area (Å²) >= 11 is -1.35. The minimum atomic E-state index is -2.55. The Kier molecular flexibility index (Phi) is 15.8. The topological polar surface area (TPSA) is 275 Å². The first-order valence-electron chi connectivity index (χ1n) is 14.3. The number of halogens is 1. The molecule has 4 atom stereocenters. The Hall–Kier alpha value is -3.87. The molecule has 1 aromatic carbocycles. The molecule has 1 aliphatic rings. The van der Waals surface area contributed by atoms with Gasteiger partial charge in [0.1, 0.15) is 0 Å². The van der Waals surface area contributed by atoms with Crippen molar-refractivity contribution in [2.75, 3.05) is 12.3 Å². The first-order chi connectivity index (χ1) is 21.7. The molecule has 1 aromatic rings. The number of nitrogens with two attached hydrogens (primary N) is 3. The van der Waals surface area contributed by atoms with Gasteiger partial charge >= 0.3 is 227 Å². The van der Waals surface area contributed by atoms with Gasteiger partial charge in [0, 0.05) is 6.42 Å². The number of rotatable bonds is 19. The number of benzene rings is 1. The van der Waals surface area contributed by atoms with Gasteiger partial charge in [0.05, 0.1) is 6.04 Å². The molecule has 252 valence electrons. The average Bonchev–Trinajstić information content (AvgIpc) is 3.30. The van der Waals surface area contributed by atoms with Crippen molar-refractivity contribution < 1.29 is 31.8 Å². The van der Waals surface area contributed by atoms with Gasteiger partial charge in [-0.2, -0.15) is 0 Å². The van der Waals surface area contributed by atoms with E-state index >= 15 is 0 Å². The summed E-state index contributed by atoms with van der Waals surface area (Å²) in [5, 5.41) is 11.2. The van der Waals surface area contributed by atoms with Gasteiger partial charge in [0.2, 0.25) is 11.8 Å². The van der Waals surface area contributed by atoms with Crippen LogP contribution in [-0.2, 0) is 27.0 Å². The summed E-state index contributed by atoms with van der Waals surface area (Å²) in [6.07, 6.45) is 0.152. The van der Waals surface area contributed by atoms with E-state index in [1.807, 2.05) is 30.1 Å². The summed E-state index contributed by atoms with van der Waals surface area (Å²) in [6.45, 7) is 5.20. The maximum atomic E-state index is 13.4. The zero-order valence-electron chi connectivity index (χ0n) is 25.7. The van der Waals surface area contributed by atoms with Crippen LogP contribution in [0, 0.1) is 9.49 Å². The van der Waals surface area contributed by atoms with E-state index in [0.717, 1.165) is 3.57 Å². The Morgan fingerprint density at radius 2 is 1.63 bits per heavy atom. The molecule has 16 nitrogen and oxygen atoms in total. The van der Waals surface area contributed by atoms with Crippen LogP contribution >= 0.6 is 32.0 Å². The molecule has 0 saturated carbocycles. The van der Waals surface area contributed by atoms with Gasteiger partial charge in [0.15, 0.2) is 0 Å². The van der Waals surface area contributed by atoms with Crippen LogP contribution in [0.5, 0.6) is 0 Å². The molecule has 18 heteroatoms. The molecular weight excluding hydrogens is 733 g/mol. The third kappa shape index (κ3) is 12.5. The number of carbonyl (C=O) groups excluding carboxylic acids is 6. The van der Waals surface area contributed by atoms with Crippen LogP contribution in [0.1, 0.15) is 56.8 Å². The van der Waals surface area contributed by atoms with Crippen LogP contribution in [0.4, 0.5) is 0 Å². The summed E-state index contributed by atoms with van der Waals surface area (Å²) < 4.78 is 8.30. The molecule has 1 aliphatic heterocycles. The number of primary amides is 2. The van der Waals surface area contributed by atoms with E-state index in [0.29, 0.717) is 16.9 Å². The molecule has 0 saturated heterocycles. The van der Waals surface area contributed by atoms with Gasteiger partial charge in [0.25, 0.3) is 0 Å². The Balaban J connectivity index is 2.21. The van der Waals surface area contributed by atoms with Crippen LogP contribution < -0.4 is 33.2 Å². The monoisotopic (exact) mass is 773 g/mol. The molecule has 0 unspecified atom stereocenters. The molecule has 5 amide bonds. The maximum absolute atomic E-state index is 13.4. The molecule has 0 radical (unpaired) electrons. The van der Waals surface area contributed by atoms with Gasteiger partial charge in [-0.1, -0.05) is 0 Å². The number of azide groups is 1. The quantitative estimate of drug-likeness (QED) is 0.0511. The van der Waals surface area contributed by atoms with Gasteiger partial charge < -0.3 is 11.5 Å². The van der Waals surface area contributed by atoms with E-state index in [-0.39, 0.29) is 37.5 Å². The summed E-state index contributed by atoms with van der Waals surface area (Å²) in [7, 11) is 0. The summed E-state index contributed by atoms with van der Waals surface area (Å²) in [5.74, 6) is -4.06. The second-order valence-electron chi connectivity index (χ2n) is 10.7. The standard InChI is InChI=1S/C28H40IN9O7S/c1-15(2)12-21(36-26(42)20(8-9-23(31)39)35-25(41)16(3)30)27(43)37-22(24(32)40)14-46-17(10-11-34-38-33)13-29-19-7-5-4-6-18(19)28(44)45-29/h4-7,13,15-16,20-22H,8-12,14,30H2,1-3H3,(H2,31,39)(H2,32,40)(H,35,41)(H,36,42)(H,37,43)/b17-13-/t16-,20-,21-,22-/m0/s1. The normalized spacial score (nSPS) is 15.8. The Bertz CT molecular complexity index is 1380. The molecule has 0 aliphatic carbocycles. The SMILES string of the molecule is CC(C)C[C@H](NC(=O)[C@H](CCC(N)=O)NC(=O)[C@H](C)N)C(=O)N[C@@H](CS/C(=C\I1OC(=O)c2ccccc21)CCN=[N+]=[N-])C(N)=O. The second-order valence-corrected chi connectivity index (χ2v) is 15.7. The van der Waals surface area contributed by atoms with E-state index < -0.39 is 79.9 Å². The molecule has 46 heavy (non-hydrogen) atoms. The van der Waals surface area contributed by atoms with E-state index in [2.05, 4.69) is 26.0 Å². The van der Waals surface area contributed by atoms with Gasteiger partial charge in [-0.15, -0.1) is 0 Å². The first kappa shape index (κ1) is 38.3. The molecule has 0 fully saturated rings. The van der Waals surface area contributed by atoms with Crippen LogP contribution in [0.25, 0.3) is 10.4 Å². The van der Waals surface area contributed by atoms with Crippen molar-refractivity contribution in [1.82, 2.24) is 16.0 Å². The number of carbonyl (C=O) groups is 6. The van der Waals surface area contributed by atoms with Crippen molar-refractivity contribution in [3.63, 3.8) is 0 Å². The molecule has 2 rings (SSSR count). The fourth-order valence-corrected chi connectivity index (χ4v) is 9.85. The molecular formula is C28H40IN9O7S. The van der Waals surface area contributed by atoms with Crippen molar-refractivity contribution in [2.45, 2.75) is 70.6 Å². The molecule has 9 N–H and O–H groups in total. The number of nitrogens with zero attached hydrogens (tertiary/aromatic N) is 3. The predicted octanol–water partition coefficient (Wildman–Crippen LogP) is 1.32. The van der Waals surface area contributed by atoms with Crippen molar-refractivity contribution in [3.05, 3.63) is 52.8 Å². The first-order valence-corrected chi connectivity index (χ1v) is 18.5. The zero-order valence-corrected chi connectivity index (χ0v) is 28.7. The number of thioether (sulfide) groups is 1. The van der Waals surface area contributed by atoms with Gasteiger partial charge in [-0.05, 0) is 6.92 Å². The Labute approximate surface area is 278 Å². The molecule has 1 heterocycles. The third-order valence-corrected chi connectivity index (χ3v) is 12.2. The van der Waals surface area contributed by atoms with Crippen LogP contribution in [0.15, 0.2) is 38.4 Å². The van der Waals surface area contributed by atoms with Crippen LogP contribution in [0.3, 0.4) is 0 Å². The number of amides is 5. The second kappa shape index (κ2) is 18.9. The number of fused-ring (bicyclic) bond motifs is 1. The van der Waals surface area contributed by atoms with Crippen LogP contribution in [-0.4, -0.2) is 72.0 Å². The number of hydrogen-bond acceptors (Lipinski definition) is 10. The Morgan fingerprint density at radius 1 is 1.00 bits per heavy atom. The summed E-state index contributed by atoms with van der Waals surface area (Å²) in [4.78, 5) is 78.4. The third-order valence-electron chi connectivity index (χ3n) is 6.35. The summed E-state index contributed by atoms with van der Waals surface area (Å²) in [6, 6.07) is 2.65. The fourth-order valence-electron chi connectivity index (χ4n) is 3.99. The van der Waals surface area contributed by atoms with Crippen LogP contribution in [0.2, 0.25) is 0 Å². The molecule has 0 spiro atoms. The fraction of sp³-hybridized carbons (Fsp3) is 0.500. The molecule has 0 aromatic heterocycles.